The van der Waals surface area contributed by atoms with E-state index in [2.05, 4.69) is 36.2 Å². The molecule has 0 spiro atoms. The molecule has 17 heavy (non-hydrogen) atoms. The Balaban J connectivity index is 2.16. The Bertz CT molecular complexity index is 328. The van der Waals surface area contributed by atoms with Crippen molar-refractivity contribution >= 4 is 0 Å². The van der Waals surface area contributed by atoms with E-state index in [-0.39, 0.29) is 6.10 Å². The first-order valence-electron chi connectivity index (χ1n) is 6.15. The zero-order valence-electron chi connectivity index (χ0n) is 10.6. The first-order valence-corrected chi connectivity index (χ1v) is 6.15. The van der Waals surface area contributed by atoms with E-state index in [4.69, 9.17) is 9.47 Å². The molecule has 1 saturated heterocycles. The fourth-order valence-electron chi connectivity index (χ4n) is 2.42. The molecule has 0 saturated carbocycles. The maximum atomic E-state index is 6.00. The Hall–Kier alpha value is -0.900. The number of benzene rings is 1. The van der Waals surface area contributed by atoms with Crippen LogP contribution in [-0.4, -0.2) is 45.4 Å². The molecule has 0 aromatic heterocycles. The van der Waals surface area contributed by atoms with E-state index in [1.807, 2.05) is 6.07 Å². The van der Waals surface area contributed by atoms with Crippen molar-refractivity contribution in [1.82, 2.24) is 4.90 Å². The molecular weight excluding hydrogens is 214 g/mol. The lowest BCUT2D eigenvalue weighted by Gasteiger charge is -2.25. The highest BCUT2D eigenvalue weighted by atomic mass is 16.5. The van der Waals surface area contributed by atoms with Crippen molar-refractivity contribution in [2.24, 2.45) is 5.92 Å². The predicted octanol–water partition coefficient (Wildman–Crippen LogP) is 1.95. The number of hydrogen-bond donors (Lipinski definition) is 0. The summed E-state index contributed by atoms with van der Waals surface area (Å²) in [5.74, 6) is 0.398. The maximum Gasteiger partial charge on any atom is 0.0888 e. The molecule has 3 heteroatoms. The minimum atomic E-state index is 0.154. The van der Waals surface area contributed by atoms with Crippen LogP contribution in [0.15, 0.2) is 30.3 Å². The van der Waals surface area contributed by atoms with Crippen molar-refractivity contribution in [3.63, 3.8) is 0 Å². The van der Waals surface area contributed by atoms with Gasteiger partial charge in [-0.3, -0.25) is 0 Å². The van der Waals surface area contributed by atoms with Crippen LogP contribution in [0, 0.1) is 5.92 Å². The van der Waals surface area contributed by atoms with Crippen LogP contribution in [0.25, 0.3) is 0 Å². The summed E-state index contributed by atoms with van der Waals surface area (Å²) in [6.45, 7) is 3.54. The molecule has 1 fully saturated rings. The molecule has 1 aromatic rings. The summed E-state index contributed by atoms with van der Waals surface area (Å²) in [5.41, 5.74) is 1.25. The lowest BCUT2D eigenvalue weighted by molar-refractivity contribution is 0.00219. The van der Waals surface area contributed by atoms with Crippen molar-refractivity contribution in [3.05, 3.63) is 35.9 Å². The predicted molar refractivity (Wildman–Crippen MR) is 68.0 cm³/mol. The molecule has 1 aromatic carbocycles. The van der Waals surface area contributed by atoms with Gasteiger partial charge in [0.15, 0.2) is 0 Å². The molecule has 94 valence electrons. The van der Waals surface area contributed by atoms with Gasteiger partial charge < -0.3 is 14.4 Å². The van der Waals surface area contributed by atoms with Gasteiger partial charge >= 0.3 is 0 Å². The molecule has 1 aliphatic rings. The molecule has 1 aliphatic heterocycles. The van der Waals surface area contributed by atoms with Crippen LogP contribution in [0.1, 0.15) is 11.7 Å². The highest BCUT2D eigenvalue weighted by Gasteiger charge is 2.27. The standard InChI is InChI=1S/C14H21NO2/c1-15-8-9-17-14(13(10-15)11-16-2)12-6-4-3-5-7-12/h3-7,13-14H,8-11H2,1-2H3/t13-,14?/m1/s1. The van der Waals surface area contributed by atoms with Gasteiger partial charge in [-0.15, -0.1) is 0 Å². The van der Waals surface area contributed by atoms with E-state index in [1.165, 1.54) is 5.56 Å². The van der Waals surface area contributed by atoms with E-state index < -0.39 is 0 Å². The fourth-order valence-corrected chi connectivity index (χ4v) is 2.42. The van der Waals surface area contributed by atoms with Crippen LogP contribution < -0.4 is 0 Å². The van der Waals surface area contributed by atoms with E-state index in [9.17, 15) is 0 Å². The molecule has 1 heterocycles. The van der Waals surface area contributed by atoms with Gasteiger partial charge in [-0.05, 0) is 12.6 Å². The number of methoxy groups -OCH3 is 1. The Morgan fingerprint density at radius 3 is 2.82 bits per heavy atom. The highest BCUT2D eigenvalue weighted by Crippen LogP contribution is 2.28. The molecule has 2 atom stereocenters. The Morgan fingerprint density at radius 1 is 1.35 bits per heavy atom. The third-order valence-electron chi connectivity index (χ3n) is 3.25. The molecule has 2 rings (SSSR count). The summed E-state index contributed by atoms with van der Waals surface area (Å²) in [6, 6.07) is 10.4. The number of ether oxygens (including phenoxy) is 2. The largest absolute Gasteiger partial charge is 0.384 e. The molecule has 0 aliphatic carbocycles. The van der Waals surface area contributed by atoms with Crippen LogP contribution in [0.3, 0.4) is 0 Å². The van der Waals surface area contributed by atoms with Gasteiger partial charge in [-0.1, -0.05) is 30.3 Å². The lowest BCUT2D eigenvalue weighted by Crippen LogP contribution is -2.29. The van der Waals surface area contributed by atoms with E-state index >= 15 is 0 Å². The quantitative estimate of drug-likeness (QED) is 0.799. The van der Waals surface area contributed by atoms with Gasteiger partial charge in [0, 0.05) is 26.1 Å². The van der Waals surface area contributed by atoms with Crippen molar-refractivity contribution in [2.75, 3.05) is 40.5 Å². The molecule has 0 radical (unpaired) electrons. The first kappa shape index (κ1) is 12.6. The average molecular weight is 235 g/mol. The van der Waals surface area contributed by atoms with Crippen LogP contribution in [0.5, 0.6) is 0 Å². The van der Waals surface area contributed by atoms with Gasteiger partial charge in [-0.2, -0.15) is 0 Å². The summed E-state index contributed by atoms with van der Waals surface area (Å²) in [5, 5.41) is 0. The Kier molecular flexibility index (Phi) is 4.54. The van der Waals surface area contributed by atoms with E-state index in [0.717, 1.165) is 26.3 Å². The zero-order chi connectivity index (χ0) is 12.1. The van der Waals surface area contributed by atoms with Crippen molar-refractivity contribution in [3.8, 4) is 0 Å². The smallest absolute Gasteiger partial charge is 0.0888 e. The molecular formula is C14H21NO2. The van der Waals surface area contributed by atoms with Crippen molar-refractivity contribution in [1.29, 1.82) is 0 Å². The van der Waals surface area contributed by atoms with Gasteiger partial charge in [-0.25, -0.2) is 0 Å². The van der Waals surface area contributed by atoms with Crippen LogP contribution in [-0.2, 0) is 9.47 Å². The summed E-state index contributed by atoms with van der Waals surface area (Å²) >= 11 is 0. The number of nitrogens with zero attached hydrogens (tertiary/aromatic N) is 1. The molecule has 0 bridgehead atoms. The van der Waals surface area contributed by atoms with Crippen LogP contribution in [0.4, 0.5) is 0 Å². The van der Waals surface area contributed by atoms with Gasteiger partial charge in [0.25, 0.3) is 0 Å². The molecule has 0 N–H and O–H groups in total. The minimum absolute atomic E-state index is 0.154. The summed E-state index contributed by atoms with van der Waals surface area (Å²) in [4.78, 5) is 2.31. The highest BCUT2D eigenvalue weighted by molar-refractivity contribution is 5.18. The second kappa shape index (κ2) is 6.15. The Labute approximate surface area is 103 Å². The van der Waals surface area contributed by atoms with Gasteiger partial charge in [0.2, 0.25) is 0 Å². The monoisotopic (exact) mass is 235 g/mol. The summed E-state index contributed by atoms with van der Waals surface area (Å²) in [7, 11) is 3.90. The first-order chi connectivity index (χ1) is 8.31. The maximum absolute atomic E-state index is 6.00. The number of hydrogen-bond acceptors (Lipinski definition) is 3. The second-order valence-corrected chi connectivity index (χ2v) is 4.68. The SMILES string of the molecule is COC[C@H]1CN(C)CCOC1c1ccccc1. The summed E-state index contributed by atoms with van der Waals surface area (Å²) < 4.78 is 11.3. The van der Waals surface area contributed by atoms with Crippen LogP contribution >= 0.6 is 0 Å². The lowest BCUT2D eigenvalue weighted by atomic mass is 9.96. The van der Waals surface area contributed by atoms with Gasteiger partial charge in [0.05, 0.1) is 19.3 Å². The third kappa shape index (κ3) is 3.28. The molecule has 3 nitrogen and oxygen atoms in total. The summed E-state index contributed by atoms with van der Waals surface area (Å²) in [6.07, 6.45) is 0.154. The normalized spacial score (nSPS) is 26.7. The number of likely N-dealkylation sites (N-methyl/N-ethyl adjacent to an activating group) is 1. The zero-order valence-corrected chi connectivity index (χ0v) is 10.6. The third-order valence-corrected chi connectivity index (χ3v) is 3.25. The van der Waals surface area contributed by atoms with E-state index in [1.54, 1.807) is 7.11 Å². The van der Waals surface area contributed by atoms with Crippen LogP contribution in [0.2, 0.25) is 0 Å². The van der Waals surface area contributed by atoms with E-state index in [0.29, 0.717) is 5.92 Å². The molecule has 0 amide bonds. The van der Waals surface area contributed by atoms with Crippen molar-refractivity contribution < 1.29 is 9.47 Å². The van der Waals surface area contributed by atoms with Gasteiger partial charge in [0.1, 0.15) is 0 Å². The second-order valence-electron chi connectivity index (χ2n) is 4.68. The average Bonchev–Trinajstić information content (AvgIpc) is 2.52. The number of rotatable bonds is 3. The molecule has 1 unspecified atom stereocenters. The fraction of sp³-hybridized carbons (Fsp3) is 0.571. The Morgan fingerprint density at radius 2 is 2.12 bits per heavy atom. The minimum Gasteiger partial charge on any atom is -0.384 e. The topological polar surface area (TPSA) is 21.7 Å². The van der Waals surface area contributed by atoms with Crippen molar-refractivity contribution in [2.45, 2.75) is 6.10 Å².